The molecule has 2 heterocycles. The maximum atomic E-state index is 13.0. The normalized spacial score (nSPS) is 10.6. The van der Waals surface area contributed by atoms with E-state index in [9.17, 15) is 4.79 Å². The number of carbonyl (C=O) groups excluding carboxylic acids is 1. The van der Waals surface area contributed by atoms with E-state index < -0.39 is 0 Å². The molecular formula is C23H21N3O3S. The minimum absolute atomic E-state index is 0.235. The number of para-hydroxylation sites is 1. The van der Waals surface area contributed by atoms with Crippen molar-refractivity contribution in [3.63, 3.8) is 0 Å². The second-order valence-electron chi connectivity index (χ2n) is 6.56. The van der Waals surface area contributed by atoms with Gasteiger partial charge in [-0.2, -0.15) is 16.4 Å². The van der Waals surface area contributed by atoms with Crippen LogP contribution in [0.25, 0.3) is 16.8 Å². The zero-order valence-electron chi connectivity index (χ0n) is 16.7. The van der Waals surface area contributed by atoms with Gasteiger partial charge in [0.15, 0.2) is 17.2 Å². The first-order chi connectivity index (χ1) is 14.7. The Labute approximate surface area is 178 Å². The largest absolute Gasteiger partial charge is 0.493 e. The van der Waals surface area contributed by atoms with Crippen molar-refractivity contribution in [2.45, 2.75) is 6.54 Å². The SMILES string of the molecule is COc1ccc(-c2cn(-c3ccccc3)nc2C(=O)NCc2ccsc2)cc1OC. The lowest BCUT2D eigenvalue weighted by Crippen LogP contribution is -2.23. The van der Waals surface area contributed by atoms with Gasteiger partial charge in [-0.15, -0.1) is 0 Å². The molecule has 4 rings (SSSR count). The molecule has 0 aliphatic heterocycles. The number of aromatic nitrogens is 2. The lowest BCUT2D eigenvalue weighted by atomic mass is 10.1. The summed E-state index contributed by atoms with van der Waals surface area (Å²) in [7, 11) is 3.18. The van der Waals surface area contributed by atoms with E-state index in [1.807, 2.05) is 71.6 Å². The highest BCUT2D eigenvalue weighted by Gasteiger charge is 2.20. The number of carbonyl (C=O) groups is 1. The Morgan fingerprint density at radius 2 is 1.87 bits per heavy atom. The fourth-order valence-electron chi connectivity index (χ4n) is 3.13. The second-order valence-corrected chi connectivity index (χ2v) is 7.34. The summed E-state index contributed by atoms with van der Waals surface area (Å²) in [5, 5.41) is 11.6. The van der Waals surface area contributed by atoms with Crippen molar-refractivity contribution < 1.29 is 14.3 Å². The summed E-state index contributed by atoms with van der Waals surface area (Å²) in [5.41, 5.74) is 3.80. The minimum Gasteiger partial charge on any atom is -0.493 e. The molecule has 0 aliphatic carbocycles. The molecule has 1 N–H and O–H groups in total. The molecule has 0 bridgehead atoms. The molecule has 30 heavy (non-hydrogen) atoms. The van der Waals surface area contributed by atoms with Crippen LogP contribution in [-0.4, -0.2) is 29.9 Å². The standard InChI is InChI=1S/C23H21N3O3S/c1-28-20-9-8-17(12-21(20)29-2)19-14-26(18-6-4-3-5-7-18)25-22(19)23(27)24-13-16-10-11-30-15-16/h3-12,14-15H,13H2,1-2H3,(H,24,27). The summed E-state index contributed by atoms with van der Waals surface area (Å²) < 4.78 is 12.5. The van der Waals surface area contributed by atoms with E-state index in [1.54, 1.807) is 30.2 Å². The van der Waals surface area contributed by atoms with Gasteiger partial charge in [0.2, 0.25) is 0 Å². The molecule has 0 atom stereocenters. The molecule has 6 nitrogen and oxygen atoms in total. The summed E-state index contributed by atoms with van der Waals surface area (Å²) in [6.07, 6.45) is 1.86. The van der Waals surface area contributed by atoms with Gasteiger partial charge in [0.1, 0.15) is 0 Å². The van der Waals surface area contributed by atoms with Crippen molar-refractivity contribution in [1.82, 2.24) is 15.1 Å². The van der Waals surface area contributed by atoms with Crippen LogP contribution >= 0.6 is 11.3 Å². The van der Waals surface area contributed by atoms with Crippen LogP contribution in [0.1, 0.15) is 16.1 Å². The average Bonchev–Trinajstić information content (AvgIpc) is 3.48. The molecule has 7 heteroatoms. The Hall–Kier alpha value is -3.58. The number of amides is 1. The average molecular weight is 420 g/mol. The number of rotatable bonds is 7. The highest BCUT2D eigenvalue weighted by atomic mass is 32.1. The highest BCUT2D eigenvalue weighted by molar-refractivity contribution is 7.07. The molecule has 0 unspecified atom stereocenters. The molecule has 0 aliphatic rings. The summed E-state index contributed by atoms with van der Waals surface area (Å²) in [6, 6.07) is 17.2. The van der Waals surface area contributed by atoms with Crippen LogP contribution in [0.4, 0.5) is 0 Å². The molecular weight excluding hydrogens is 398 g/mol. The summed E-state index contributed by atoms with van der Waals surface area (Å²) in [6.45, 7) is 0.450. The molecule has 2 aromatic heterocycles. The van der Waals surface area contributed by atoms with Crippen LogP contribution in [-0.2, 0) is 6.54 Å². The molecule has 1 amide bonds. The Balaban J connectivity index is 1.74. The topological polar surface area (TPSA) is 65.4 Å². The lowest BCUT2D eigenvalue weighted by molar-refractivity contribution is 0.0946. The highest BCUT2D eigenvalue weighted by Crippen LogP contribution is 2.34. The first kappa shape index (κ1) is 19.7. The van der Waals surface area contributed by atoms with Crippen LogP contribution < -0.4 is 14.8 Å². The Morgan fingerprint density at radius 1 is 1.07 bits per heavy atom. The number of nitrogens with zero attached hydrogens (tertiary/aromatic N) is 2. The Bertz CT molecular complexity index is 1140. The quantitative estimate of drug-likeness (QED) is 0.477. The zero-order valence-corrected chi connectivity index (χ0v) is 17.5. The van der Waals surface area contributed by atoms with Gasteiger partial charge in [-0.25, -0.2) is 4.68 Å². The van der Waals surface area contributed by atoms with Gasteiger partial charge in [0.05, 0.1) is 19.9 Å². The molecule has 0 fully saturated rings. The van der Waals surface area contributed by atoms with E-state index in [1.165, 1.54) is 0 Å². The van der Waals surface area contributed by atoms with Crippen LogP contribution in [0.5, 0.6) is 11.5 Å². The maximum absolute atomic E-state index is 13.0. The van der Waals surface area contributed by atoms with Gasteiger partial charge in [-0.1, -0.05) is 24.3 Å². The van der Waals surface area contributed by atoms with Crippen LogP contribution in [0, 0.1) is 0 Å². The minimum atomic E-state index is -0.235. The summed E-state index contributed by atoms with van der Waals surface area (Å²) >= 11 is 1.60. The van der Waals surface area contributed by atoms with E-state index in [2.05, 4.69) is 10.4 Å². The predicted molar refractivity (Wildman–Crippen MR) is 118 cm³/mol. The van der Waals surface area contributed by atoms with Gasteiger partial charge in [-0.05, 0) is 52.2 Å². The van der Waals surface area contributed by atoms with E-state index >= 15 is 0 Å². The smallest absolute Gasteiger partial charge is 0.272 e. The fraction of sp³-hybridized carbons (Fsp3) is 0.130. The number of ether oxygens (including phenoxy) is 2. The fourth-order valence-corrected chi connectivity index (χ4v) is 3.80. The monoisotopic (exact) mass is 419 g/mol. The third kappa shape index (κ3) is 4.06. The first-order valence-corrected chi connectivity index (χ1v) is 10.3. The second kappa shape index (κ2) is 8.84. The van der Waals surface area contributed by atoms with Crippen molar-refractivity contribution in [3.8, 4) is 28.3 Å². The van der Waals surface area contributed by atoms with Crippen molar-refractivity contribution in [1.29, 1.82) is 0 Å². The van der Waals surface area contributed by atoms with E-state index in [4.69, 9.17) is 9.47 Å². The van der Waals surface area contributed by atoms with Crippen LogP contribution in [0.2, 0.25) is 0 Å². The van der Waals surface area contributed by atoms with Crippen molar-refractivity contribution in [2.75, 3.05) is 14.2 Å². The maximum Gasteiger partial charge on any atom is 0.272 e. The van der Waals surface area contributed by atoms with E-state index in [0.29, 0.717) is 29.3 Å². The lowest BCUT2D eigenvalue weighted by Gasteiger charge is -2.09. The number of hydrogen-bond donors (Lipinski definition) is 1. The number of thiophene rings is 1. The Kier molecular flexibility index (Phi) is 5.81. The molecule has 0 saturated carbocycles. The van der Waals surface area contributed by atoms with Gasteiger partial charge >= 0.3 is 0 Å². The van der Waals surface area contributed by atoms with Crippen LogP contribution in [0.15, 0.2) is 71.6 Å². The molecule has 0 spiro atoms. The summed E-state index contributed by atoms with van der Waals surface area (Å²) in [4.78, 5) is 13.0. The third-order valence-corrected chi connectivity index (χ3v) is 5.41. The molecule has 0 saturated heterocycles. The van der Waals surface area contributed by atoms with Crippen LogP contribution in [0.3, 0.4) is 0 Å². The molecule has 0 radical (unpaired) electrons. The van der Waals surface area contributed by atoms with Gasteiger partial charge in [0, 0.05) is 18.3 Å². The molecule has 4 aromatic rings. The van der Waals surface area contributed by atoms with Gasteiger partial charge in [0.25, 0.3) is 5.91 Å². The first-order valence-electron chi connectivity index (χ1n) is 9.36. The number of benzene rings is 2. The predicted octanol–water partition coefficient (Wildman–Crippen LogP) is 4.55. The molecule has 2 aromatic carbocycles. The van der Waals surface area contributed by atoms with Crippen molar-refractivity contribution in [2.24, 2.45) is 0 Å². The van der Waals surface area contributed by atoms with Crippen molar-refractivity contribution >= 4 is 17.2 Å². The number of hydrogen-bond acceptors (Lipinski definition) is 5. The number of methoxy groups -OCH3 is 2. The van der Waals surface area contributed by atoms with E-state index in [0.717, 1.165) is 16.8 Å². The van der Waals surface area contributed by atoms with E-state index in [-0.39, 0.29) is 5.91 Å². The molecule has 152 valence electrons. The Morgan fingerprint density at radius 3 is 2.57 bits per heavy atom. The third-order valence-electron chi connectivity index (χ3n) is 4.68. The van der Waals surface area contributed by atoms with Gasteiger partial charge in [-0.3, -0.25) is 4.79 Å². The van der Waals surface area contributed by atoms with Crippen molar-refractivity contribution in [3.05, 3.63) is 82.8 Å². The number of nitrogens with one attached hydrogen (secondary N) is 1. The van der Waals surface area contributed by atoms with Gasteiger partial charge < -0.3 is 14.8 Å². The summed E-state index contributed by atoms with van der Waals surface area (Å²) in [5.74, 6) is 0.980. The zero-order chi connectivity index (χ0) is 20.9.